The van der Waals surface area contributed by atoms with Gasteiger partial charge >= 0.3 is 0 Å². The largest absolute Gasteiger partial charge is 0.398 e. The summed E-state index contributed by atoms with van der Waals surface area (Å²) in [4.78, 5) is 7.39. The molecule has 0 saturated carbocycles. The van der Waals surface area contributed by atoms with Gasteiger partial charge in [-0.1, -0.05) is 12.1 Å². The van der Waals surface area contributed by atoms with Crippen molar-refractivity contribution in [3.63, 3.8) is 0 Å². The molecule has 0 saturated heterocycles. The van der Waals surface area contributed by atoms with E-state index in [9.17, 15) is 0 Å². The number of hydrogen-bond donors (Lipinski definition) is 2. The Balaban J connectivity index is 2.26. The van der Waals surface area contributed by atoms with Crippen molar-refractivity contribution in [2.75, 3.05) is 5.73 Å². The molecule has 0 aliphatic carbocycles. The van der Waals surface area contributed by atoms with Crippen LogP contribution in [0.5, 0.6) is 0 Å². The fourth-order valence-corrected chi connectivity index (χ4v) is 2.02. The highest BCUT2D eigenvalue weighted by Crippen LogP contribution is 2.29. The van der Waals surface area contributed by atoms with Gasteiger partial charge in [0.25, 0.3) is 0 Å². The molecule has 2 heterocycles. The molecule has 0 atom stereocenters. The monoisotopic (exact) mass is 223 g/mol. The number of H-pyrrole nitrogens is 1. The maximum atomic E-state index is 5.95. The minimum absolute atomic E-state index is 0.822. The molecule has 3 rings (SSSR count). The number of nitrogens with one attached hydrogen (secondary N) is 1. The summed E-state index contributed by atoms with van der Waals surface area (Å²) in [5, 5.41) is 1.12. The maximum absolute atomic E-state index is 5.95. The molecule has 3 aromatic rings. The Kier molecular flexibility index (Phi) is 2.11. The number of benzene rings is 1. The zero-order valence-electron chi connectivity index (χ0n) is 9.57. The standard InChI is InChI=1S/C14H13N3/c1-9-2-3-10(8-13(9)15)11-4-6-16-14-12(11)5-7-17-14/h2-8H,15H2,1H3,(H,16,17). The lowest BCUT2D eigenvalue weighted by Gasteiger charge is -2.06. The number of anilines is 1. The molecular weight excluding hydrogens is 210 g/mol. The van der Waals surface area contributed by atoms with Crippen LogP contribution in [0, 0.1) is 6.92 Å². The third-order valence-electron chi connectivity index (χ3n) is 3.05. The van der Waals surface area contributed by atoms with Crippen LogP contribution >= 0.6 is 0 Å². The van der Waals surface area contributed by atoms with Crippen LogP contribution in [-0.4, -0.2) is 9.97 Å². The molecule has 2 aromatic heterocycles. The van der Waals surface area contributed by atoms with Gasteiger partial charge in [0.2, 0.25) is 0 Å². The fourth-order valence-electron chi connectivity index (χ4n) is 2.02. The normalized spacial score (nSPS) is 10.9. The second-order valence-corrected chi connectivity index (χ2v) is 4.17. The van der Waals surface area contributed by atoms with Crippen molar-refractivity contribution in [3.8, 4) is 11.1 Å². The van der Waals surface area contributed by atoms with Crippen LogP contribution < -0.4 is 5.73 Å². The quantitative estimate of drug-likeness (QED) is 0.623. The van der Waals surface area contributed by atoms with E-state index in [1.807, 2.05) is 43.6 Å². The van der Waals surface area contributed by atoms with Gasteiger partial charge < -0.3 is 10.7 Å². The summed E-state index contributed by atoms with van der Waals surface area (Å²) in [6.45, 7) is 2.01. The summed E-state index contributed by atoms with van der Waals surface area (Å²) in [5.74, 6) is 0. The smallest absolute Gasteiger partial charge is 0.137 e. The van der Waals surface area contributed by atoms with Crippen LogP contribution in [0.1, 0.15) is 5.56 Å². The van der Waals surface area contributed by atoms with E-state index in [1.54, 1.807) is 0 Å². The number of nitrogens with zero attached hydrogens (tertiary/aromatic N) is 1. The van der Waals surface area contributed by atoms with Crippen LogP contribution in [-0.2, 0) is 0 Å². The molecule has 3 heteroatoms. The van der Waals surface area contributed by atoms with E-state index in [1.165, 1.54) is 0 Å². The first-order valence-electron chi connectivity index (χ1n) is 5.54. The Hall–Kier alpha value is -2.29. The van der Waals surface area contributed by atoms with E-state index in [2.05, 4.69) is 16.0 Å². The Labute approximate surface area is 99.3 Å². The highest BCUT2D eigenvalue weighted by Gasteiger charge is 2.06. The molecule has 84 valence electrons. The van der Waals surface area contributed by atoms with Crippen LogP contribution in [0.4, 0.5) is 5.69 Å². The van der Waals surface area contributed by atoms with Gasteiger partial charge in [-0.05, 0) is 41.8 Å². The van der Waals surface area contributed by atoms with Crippen molar-refractivity contribution in [2.24, 2.45) is 0 Å². The van der Waals surface area contributed by atoms with Gasteiger partial charge in [0.1, 0.15) is 5.65 Å². The SMILES string of the molecule is Cc1ccc(-c2ccnc3[nH]ccc23)cc1N. The van der Waals surface area contributed by atoms with Gasteiger partial charge in [0.05, 0.1) is 0 Å². The van der Waals surface area contributed by atoms with Gasteiger partial charge in [-0.2, -0.15) is 0 Å². The molecular formula is C14H13N3. The van der Waals surface area contributed by atoms with Crippen LogP contribution in [0.25, 0.3) is 22.2 Å². The average Bonchev–Trinajstić information content (AvgIpc) is 2.80. The molecule has 3 nitrogen and oxygen atoms in total. The van der Waals surface area contributed by atoms with Crippen molar-refractivity contribution in [2.45, 2.75) is 6.92 Å². The van der Waals surface area contributed by atoms with E-state index >= 15 is 0 Å². The van der Waals surface area contributed by atoms with E-state index in [0.29, 0.717) is 0 Å². The van der Waals surface area contributed by atoms with Crippen molar-refractivity contribution in [1.29, 1.82) is 0 Å². The van der Waals surface area contributed by atoms with E-state index in [4.69, 9.17) is 5.73 Å². The minimum atomic E-state index is 0.822. The molecule has 1 aromatic carbocycles. The van der Waals surface area contributed by atoms with Crippen molar-refractivity contribution in [3.05, 3.63) is 48.3 Å². The summed E-state index contributed by atoms with van der Waals surface area (Å²) in [7, 11) is 0. The Morgan fingerprint density at radius 3 is 2.88 bits per heavy atom. The third-order valence-corrected chi connectivity index (χ3v) is 3.05. The highest BCUT2D eigenvalue weighted by atomic mass is 14.8. The Bertz CT molecular complexity index is 683. The van der Waals surface area contributed by atoms with Crippen molar-refractivity contribution in [1.82, 2.24) is 9.97 Å². The number of fused-ring (bicyclic) bond motifs is 1. The minimum Gasteiger partial charge on any atom is -0.398 e. The van der Waals surface area contributed by atoms with Gasteiger partial charge in [-0.15, -0.1) is 0 Å². The number of aromatic nitrogens is 2. The summed E-state index contributed by atoms with van der Waals surface area (Å²) in [6, 6.07) is 10.2. The molecule has 0 aliphatic heterocycles. The fraction of sp³-hybridized carbons (Fsp3) is 0.0714. The first-order chi connectivity index (χ1) is 8.25. The number of pyridine rings is 1. The topological polar surface area (TPSA) is 54.7 Å². The lowest BCUT2D eigenvalue weighted by molar-refractivity contribution is 1.33. The summed E-state index contributed by atoms with van der Waals surface area (Å²) in [6.07, 6.45) is 3.71. The van der Waals surface area contributed by atoms with Crippen LogP contribution in [0.3, 0.4) is 0 Å². The van der Waals surface area contributed by atoms with E-state index in [-0.39, 0.29) is 0 Å². The number of hydrogen-bond acceptors (Lipinski definition) is 2. The summed E-state index contributed by atoms with van der Waals surface area (Å²) in [5.41, 5.74) is 11.1. The van der Waals surface area contributed by atoms with Crippen molar-refractivity contribution < 1.29 is 0 Å². The molecule has 0 spiro atoms. The van der Waals surface area contributed by atoms with Gasteiger partial charge in [-0.25, -0.2) is 4.98 Å². The molecule has 0 radical (unpaired) electrons. The summed E-state index contributed by atoms with van der Waals surface area (Å²) >= 11 is 0. The maximum Gasteiger partial charge on any atom is 0.137 e. The Morgan fingerprint density at radius 1 is 1.18 bits per heavy atom. The molecule has 0 bridgehead atoms. The lowest BCUT2D eigenvalue weighted by atomic mass is 10.0. The average molecular weight is 223 g/mol. The number of nitrogen functional groups attached to an aromatic ring is 1. The van der Waals surface area contributed by atoms with E-state index in [0.717, 1.165) is 33.4 Å². The number of rotatable bonds is 1. The molecule has 0 amide bonds. The lowest BCUT2D eigenvalue weighted by Crippen LogP contribution is -1.90. The highest BCUT2D eigenvalue weighted by molar-refractivity contribution is 5.93. The number of aromatic amines is 1. The van der Waals surface area contributed by atoms with E-state index < -0.39 is 0 Å². The predicted molar refractivity (Wildman–Crippen MR) is 70.7 cm³/mol. The second-order valence-electron chi connectivity index (χ2n) is 4.17. The van der Waals surface area contributed by atoms with Gasteiger partial charge in [0, 0.05) is 23.5 Å². The van der Waals surface area contributed by atoms with Crippen LogP contribution in [0.2, 0.25) is 0 Å². The molecule has 0 aliphatic rings. The predicted octanol–water partition coefficient (Wildman–Crippen LogP) is 3.12. The third kappa shape index (κ3) is 1.56. The zero-order chi connectivity index (χ0) is 11.8. The van der Waals surface area contributed by atoms with Crippen molar-refractivity contribution >= 4 is 16.7 Å². The van der Waals surface area contributed by atoms with Gasteiger partial charge in [0.15, 0.2) is 0 Å². The number of aryl methyl sites for hydroxylation is 1. The zero-order valence-corrected chi connectivity index (χ0v) is 9.57. The molecule has 0 fully saturated rings. The molecule has 0 unspecified atom stereocenters. The second kappa shape index (κ2) is 3.63. The first kappa shape index (κ1) is 9.90. The van der Waals surface area contributed by atoms with Gasteiger partial charge in [-0.3, -0.25) is 0 Å². The first-order valence-corrected chi connectivity index (χ1v) is 5.54. The van der Waals surface area contributed by atoms with Crippen LogP contribution in [0.15, 0.2) is 42.7 Å². The molecule has 17 heavy (non-hydrogen) atoms. The number of nitrogens with two attached hydrogens (primary N) is 1. The molecule has 3 N–H and O–H groups in total. The summed E-state index contributed by atoms with van der Waals surface area (Å²) < 4.78 is 0. The Morgan fingerprint density at radius 2 is 2.06 bits per heavy atom.